The second-order valence-corrected chi connectivity index (χ2v) is 3.63. The number of nitrogens with one attached hydrogen (secondary N) is 1. The van der Waals surface area contributed by atoms with Crippen molar-refractivity contribution < 1.29 is 0 Å². The average molecular weight is 236 g/mol. The smallest absolute Gasteiger partial charge is 0.101 e. The Kier molecular flexibility index (Phi) is 1.82. The van der Waals surface area contributed by atoms with E-state index in [0.717, 1.165) is 21.1 Å². The Balaban J connectivity index is 2.99. The number of nitriles is 1. The molecular formula is C9H6BrN3. The summed E-state index contributed by atoms with van der Waals surface area (Å²) in [5, 5.41) is 16.8. The van der Waals surface area contributed by atoms with E-state index in [1.807, 2.05) is 19.1 Å². The molecule has 3 nitrogen and oxygen atoms in total. The topological polar surface area (TPSA) is 52.5 Å². The van der Waals surface area contributed by atoms with Gasteiger partial charge in [-0.3, -0.25) is 5.10 Å². The minimum Gasteiger partial charge on any atom is -0.282 e. The van der Waals surface area contributed by atoms with Gasteiger partial charge in [0.1, 0.15) is 6.07 Å². The van der Waals surface area contributed by atoms with Crippen LogP contribution in [0.2, 0.25) is 0 Å². The Hall–Kier alpha value is -1.34. The normalized spacial score (nSPS) is 10.2. The number of hydrogen-bond donors (Lipinski definition) is 1. The zero-order valence-corrected chi connectivity index (χ0v) is 8.51. The molecule has 0 saturated carbocycles. The highest BCUT2D eigenvalue weighted by Crippen LogP contribution is 2.26. The maximum atomic E-state index is 8.94. The fraction of sp³-hybridized carbons (Fsp3) is 0.111. The predicted molar refractivity (Wildman–Crippen MR) is 53.2 cm³/mol. The molecule has 0 unspecified atom stereocenters. The number of halogens is 1. The van der Waals surface area contributed by atoms with Crippen molar-refractivity contribution in [1.82, 2.24) is 10.2 Å². The lowest BCUT2D eigenvalue weighted by Crippen LogP contribution is -1.80. The number of aromatic amines is 1. The molecule has 1 aromatic carbocycles. The minimum absolute atomic E-state index is 0.642. The summed E-state index contributed by atoms with van der Waals surface area (Å²) >= 11 is 3.33. The number of aryl methyl sites for hydroxylation is 1. The second-order valence-electron chi connectivity index (χ2n) is 2.78. The number of hydrogen-bond acceptors (Lipinski definition) is 2. The van der Waals surface area contributed by atoms with Gasteiger partial charge >= 0.3 is 0 Å². The van der Waals surface area contributed by atoms with Crippen LogP contribution in [0, 0.1) is 18.3 Å². The van der Waals surface area contributed by atoms with Gasteiger partial charge in [-0.2, -0.15) is 10.4 Å². The fourth-order valence-corrected chi connectivity index (χ4v) is 1.77. The molecule has 0 aliphatic rings. The summed E-state index contributed by atoms with van der Waals surface area (Å²) in [4.78, 5) is 0. The van der Waals surface area contributed by atoms with Gasteiger partial charge in [0.05, 0.1) is 11.1 Å². The third kappa shape index (κ3) is 1.12. The summed E-state index contributed by atoms with van der Waals surface area (Å²) in [6.07, 6.45) is 0. The van der Waals surface area contributed by atoms with E-state index in [2.05, 4.69) is 32.2 Å². The van der Waals surface area contributed by atoms with Crippen LogP contribution in [0.25, 0.3) is 10.9 Å². The molecule has 0 aliphatic heterocycles. The van der Waals surface area contributed by atoms with Crippen LogP contribution in [0.3, 0.4) is 0 Å². The van der Waals surface area contributed by atoms with Crippen LogP contribution in [-0.2, 0) is 0 Å². The van der Waals surface area contributed by atoms with E-state index in [0.29, 0.717) is 5.56 Å². The summed E-state index contributed by atoms with van der Waals surface area (Å²) < 4.78 is 0.812. The molecule has 2 aromatic rings. The summed E-state index contributed by atoms with van der Waals surface area (Å²) in [5.74, 6) is 0. The molecular weight excluding hydrogens is 230 g/mol. The summed E-state index contributed by atoms with van der Waals surface area (Å²) in [7, 11) is 0. The number of aromatic nitrogens is 2. The Bertz CT molecular complexity index is 507. The van der Waals surface area contributed by atoms with E-state index in [1.54, 1.807) is 0 Å². The van der Waals surface area contributed by atoms with Crippen molar-refractivity contribution >= 4 is 26.8 Å². The van der Waals surface area contributed by atoms with Crippen LogP contribution in [0.5, 0.6) is 0 Å². The summed E-state index contributed by atoms with van der Waals surface area (Å²) in [6.45, 7) is 1.91. The zero-order valence-electron chi connectivity index (χ0n) is 6.93. The Labute approximate surface area is 83.5 Å². The molecule has 0 aliphatic carbocycles. The molecule has 1 N–H and O–H groups in total. The largest absolute Gasteiger partial charge is 0.282 e. The Morgan fingerprint density at radius 3 is 3.00 bits per heavy atom. The molecule has 0 atom stereocenters. The lowest BCUT2D eigenvalue weighted by molar-refractivity contribution is 1.07. The van der Waals surface area contributed by atoms with Gasteiger partial charge in [0, 0.05) is 15.6 Å². The van der Waals surface area contributed by atoms with Gasteiger partial charge in [-0.25, -0.2) is 0 Å². The van der Waals surface area contributed by atoms with Crippen molar-refractivity contribution in [3.8, 4) is 6.07 Å². The molecule has 0 saturated heterocycles. The van der Waals surface area contributed by atoms with Crippen molar-refractivity contribution in [2.45, 2.75) is 6.92 Å². The second kappa shape index (κ2) is 2.86. The highest BCUT2D eigenvalue weighted by Gasteiger charge is 2.09. The number of rotatable bonds is 0. The average Bonchev–Trinajstić information content (AvgIpc) is 2.49. The Morgan fingerprint density at radius 2 is 2.31 bits per heavy atom. The molecule has 1 heterocycles. The van der Waals surface area contributed by atoms with E-state index in [1.165, 1.54) is 0 Å². The lowest BCUT2D eigenvalue weighted by atomic mass is 10.1. The molecule has 0 radical (unpaired) electrons. The van der Waals surface area contributed by atoms with E-state index in [9.17, 15) is 0 Å². The van der Waals surface area contributed by atoms with Gasteiger partial charge in [0.25, 0.3) is 0 Å². The van der Waals surface area contributed by atoms with Gasteiger partial charge in [0.15, 0.2) is 0 Å². The van der Waals surface area contributed by atoms with Gasteiger partial charge in [-0.05, 0) is 35.0 Å². The maximum Gasteiger partial charge on any atom is 0.101 e. The van der Waals surface area contributed by atoms with Gasteiger partial charge in [0.2, 0.25) is 0 Å². The predicted octanol–water partition coefficient (Wildman–Crippen LogP) is 2.51. The van der Waals surface area contributed by atoms with Gasteiger partial charge < -0.3 is 0 Å². The van der Waals surface area contributed by atoms with E-state index >= 15 is 0 Å². The van der Waals surface area contributed by atoms with Crippen molar-refractivity contribution in [3.63, 3.8) is 0 Å². The minimum atomic E-state index is 0.642. The molecule has 0 amide bonds. The SMILES string of the molecule is Cc1[nH]nc2ccc(Br)c(C#N)c12. The van der Waals surface area contributed by atoms with Crippen LogP contribution in [0.15, 0.2) is 16.6 Å². The highest BCUT2D eigenvalue weighted by atomic mass is 79.9. The Morgan fingerprint density at radius 1 is 1.54 bits per heavy atom. The van der Waals surface area contributed by atoms with Crippen LogP contribution >= 0.6 is 15.9 Å². The maximum absolute atomic E-state index is 8.94. The van der Waals surface area contributed by atoms with Crippen LogP contribution < -0.4 is 0 Å². The van der Waals surface area contributed by atoms with Gasteiger partial charge in [-0.1, -0.05) is 0 Å². The van der Waals surface area contributed by atoms with Gasteiger partial charge in [-0.15, -0.1) is 0 Å². The number of H-pyrrole nitrogens is 1. The molecule has 2 rings (SSSR count). The van der Waals surface area contributed by atoms with Crippen LogP contribution in [0.4, 0.5) is 0 Å². The third-order valence-corrected chi connectivity index (χ3v) is 2.62. The van der Waals surface area contributed by atoms with Crippen molar-refractivity contribution in [2.75, 3.05) is 0 Å². The monoisotopic (exact) mass is 235 g/mol. The van der Waals surface area contributed by atoms with E-state index in [-0.39, 0.29) is 0 Å². The van der Waals surface area contributed by atoms with Crippen LogP contribution in [-0.4, -0.2) is 10.2 Å². The summed E-state index contributed by atoms with van der Waals surface area (Å²) in [5.41, 5.74) is 2.40. The fourth-order valence-electron chi connectivity index (χ4n) is 1.35. The first kappa shape index (κ1) is 8.27. The quantitative estimate of drug-likeness (QED) is 0.763. The summed E-state index contributed by atoms with van der Waals surface area (Å²) in [6, 6.07) is 5.87. The first-order valence-corrected chi connectivity index (χ1v) is 4.56. The number of benzene rings is 1. The molecule has 0 bridgehead atoms. The number of nitrogens with zero attached hydrogens (tertiary/aromatic N) is 2. The highest BCUT2D eigenvalue weighted by molar-refractivity contribution is 9.10. The standard InChI is InChI=1S/C9H6BrN3/c1-5-9-6(4-11)7(10)2-3-8(9)13-12-5/h2-3H,1H3,(H,12,13). The first-order chi connectivity index (χ1) is 6.24. The van der Waals surface area contributed by atoms with Crippen molar-refractivity contribution in [3.05, 3.63) is 27.9 Å². The van der Waals surface area contributed by atoms with Crippen molar-refractivity contribution in [1.29, 1.82) is 5.26 Å². The molecule has 4 heteroatoms. The van der Waals surface area contributed by atoms with Crippen LogP contribution in [0.1, 0.15) is 11.3 Å². The molecule has 1 aromatic heterocycles. The molecule has 64 valence electrons. The first-order valence-electron chi connectivity index (χ1n) is 3.77. The molecule has 0 fully saturated rings. The number of fused-ring (bicyclic) bond motifs is 1. The molecule has 0 spiro atoms. The third-order valence-electron chi connectivity index (χ3n) is 1.96. The van der Waals surface area contributed by atoms with Crippen molar-refractivity contribution in [2.24, 2.45) is 0 Å². The van der Waals surface area contributed by atoms with E-state index in [4.69, 9.17) is 5.26 Å². The van der Waals surface area contributed by atoms with E-state index < -0.39 is 0 Å². The molecule has 13 heavy (non-hydrogen) atoms. The zero-order chi connectivity index (χ0) is 9.42. The lowest BCUT2D eigenvalue weighted by Gasteiger charge is -1.96.